The second kappa shape index (κ2) is 5.31. The van der Waals surface area contributed by atoms with Crippen molar-refractivity contribution >= 4 is 0 Å². The molecule has 0 aromatic carbocycles. The third kappa shape index (κ3) is 3.76. The predicted octanol–water partition coefficient (Wildman–Crippen LogP) is 2.25. The Hall–Kier alpha value is -0.0800. The van der Waals surface area contributed by atoms with Crippen molar-refractivity contribution in [2.75, 3.05) is 19.6 Å². The van der Waals surface area contributed by atoms with Gasteiger partial charge in [-0.3, -0.25) is 0 Å². The van der Waals surface area contributed by atoms with E-state index in [2.05, 4.69) is 24.1 Å². The molecule has 88 valence electrons. The van der Waals surface area contributed by atoms with Crippen molar-refractivity contribution in [3.05, 3.63) is 0 Å². The monoisotopic (exact) mass is 210 g/mol. The maximum Gasteiger partial charge on any atom is 0.00683 e. The van der Waals surface area contributed by atoms with Crippen LogP contribution >= 0.6 is 0 Å². The van der Waals surface area contributed by atoms with Crippen molar-refractivity contribution in [3.8, 4) is 0 Å². The molecule has 1 aliphatic heterocycles. The number of hydrogen-bond donors (Lipinski definition) is 1. The molecular weight excluding hydrogens is 184 g/mol. The summed E-state index contributed by atoms with van der Waals surface area (Å²) in [6.07, 6.45) is 7.07. The van der Waals surface area contributed by atoms with Crippen LogP contribution in [-0.2, 0) is 0 Å². The van der Waals surface area contributed by atoms with E-state index in [0.717, 1.165) is 18.0 Å². The van der Waals surface area contributed by atoms with Gasteiger partial charge in [-0.15, -0.1) is 0 Å². The first-order chi connectivity index (χ1) is 7.25. The molecular formula is C13H26N2. The zero-order valence-electron chi connectivity index (χ0n) is 10.3. The van der Waals surface area contributed by atoms with Crippen molar-refractivity contribution in [1.29, 1.82) is 0 Å². The second-order valence-electron chi connectivity index (χ2n) is 5.63. The van der Waals surface area contributed by atoms with Crippen LogP contribution in [-0.4, -0.2) is 36.6 Å². The van der Waals surface area contributed by atoms with Crippen LogP contribution in [0.4, 0.5) is 0 Å². The molecule has 2 aliphatic rings. The Labute approximate surface area is 94.4 Å². The SMILES string of the molecule is CC(CNC1CC1)CN1CCCCC1C. The molecule has 2 fully saturated rings. The maximum absolute atomic E-state index is 3.63. The lowest BCUT2D eigenvalue weighted by atomic mass is 10.0. The number of nitrogens with one attached hydrogen (secondary N) is 1. The number of likely N-dealkylation sites (tertiary alicyclic amines) is 1. The molecule has 0 aromatic heterocycles. The molecule has 0 bridgehead atoms. The molecule has 15 heavy (non-hydrogen) atoms. The molecule has 0 spiro atoms. The van der Waals surface area contributed by atoms with Gasteiger partial charge in [-0.2, -0.15) is 0 Å². The fraction of sp³-hybridized carbons (Fsp3) is 1.00. The van der Waals surface area contributed by atoms with Crippen molar-refractivity contribution in [2.45, 2.75) is 58.0 Å². The molecule has 1 aliphatic carbocycles. The van der Waals surface area contributed by atoms with E-state index in [4.69, 9.17) is 0 Å². The molecule has 0 amide bonds. The standard InChI is InChI=1S/C13H26N2/c1-11(9-14-13-6-7-13)10-15-8-4-3-5-12(15)2/h11-14H,3-10H2,1-2H3. The molecule has 2 atom stereocenters. The van der Waals surface area contributed by atoms with Gasteiger partial charge in [0.25, 0.3) is 0 Å². The van der Waals surface area contributed by atoms with Gasteiger partial charge in [0.15, 0.2) is 0 Å². The molecule has 2 rings (SSSR count). The van der Waals surface area contributed by atoms with E-state index in [0.29, 0.717) is 0 Å². The molecule has 1 N–H and O–H groups in total. The molecule has 2 unspecified atom stereocenters. The first-order valence-corrected chi connectivity index (χ1v) is 6.73. The lowest BCUT2D eigenvalue weighted by Gasteiger charge is -2.35. The van der Waals surface area contributed by atoms with E-state index in [-0.39, 0.29) is 0 Å². The minimum absolute atomic E-state index is 0.811. The van der Waals surface area contributed by atoms with Gasteiger partial charge in [-0.1, -0.05) is 13.3 Å². The zero-order valence-corrected chi connectivity index (χ0v) is 10.3. The topological polar surface area (TPSA) is 15.3 Å². The molecule has 0 radical (unpaired) electrons. The average molecular weight is 210 g/mol. The largest absolute Gasteiger partial charge is 0.314 e. The van der Waals surface area contributed by atoms with Gasteiger partial charge < -0.3 is 10.2 Å². The Balaban J connectivity index is 1.64. The zero-order chi connectivity index (χ0) is 10.7. The molecule has 2 nitrogen and oxygen atoms in total. The van der Waals surface area contributed by atoms with E-state index in [1.807, 2.05) is 0 Å². The summed E-state index contributed by atoms with van der Waals surface area (Å²) in [6, 6.07) is 1.69. The van der Waals surface area contributed by atoms with Crippen LogP contribution in [0.15, 0.2) is 0 Å². The number of hydrogen-bond acceptors (Lipinski definition) is 2. The van der Waals surface area contributed by atoms with Crippen LogP contribution in [0.1, 0.15) is 46.0 Å². The van der Waals surface area contributed by atoms with Gasteiger partial charge in [0.05, 0.1) is 0 Å². The van der Waals surface area contributed by atoms with Gasteiger partial charge in [0, 0.05) is 18.6 Å². The van der Waals surface area contributed by atoms with Crippen molar-refractivity contribution < 1.29 is 0 Å². The Kier molecular flexibility index (Phi) is 4.04. The summed E-state index contributed by atoms with van der Waals surface area (Å²) < 4.78 is 0. The van der Waals surface area contributed by atoms with E-state index in [9.17, 15) is 0 Å². The quantitative estimate of drug-likeness (QED) is 0.749. The minimum Gasteiger partial charge on any atom is -0.314 e. The first kappa shape index (κ1) is 11.4. The third-order valence-electron chi connectivity index (χ3n) is 3.82. The van der Waals surface area contributed by atoms with Crippen molar-refractivity contribution in [2.24, 2.45) is 5.92 Å². The van der Waals surface area contributed by atoms with Gasteiger partial charge in [0.2, 0.25) is 0 Å². The Morgan fingerprint density at radius 3 is 2.73 bits per heavy atom. The fourth-order valence-corrected chi connectivity index (χ4v) is 2.55. The van der Waals surface area contributed by atoms with Crippen LogP contribution in [0.5, 0.6) is 0 Å². The summed E-state index contributed by atoms with van der Waals surface area (Å²) in [4.78, 5) is 2.68. The lowest BCUT2D eigenvalue weighted by molar-refractivity contribution is 0.139. The van der Waals surface area contributed by atoms with Crippen LogP contribution < -0.4 is 5.32 Å². The van der Waals surface area contributed by atoms with E-state index >= 15 is 0 Å². The maximum atomic E-state index is 3.63. The summed E-state index contributed by atoms with van der Waals surface area (Å²) in [7, 11) is 0. The fourth-order valence-electron chi connectivity index (χ4n) is 2.55. The van der Waals surface area contributed by atoms with Crippen molar-refractivity contribution in [1.82, 2.24) is 10.2 Å². The highest BCUT2D eigenvalue weighted by Gasteiger charge is 2.23. The van der Waals surface area contributed by atoms with Crippen LogP contribution in [0.3, 0.4) is 0 Å². The van der Waals surface area contributed by atoms with Crippen LogP contribution in [0.2, 0.25) is 0 Å². The minimum atomic E-state index is 0.811. The molecule has 2 heteroatoms. The van der Waals surface area contributed by atoms with Crippen LogP contribution in [0, 0.1) is 5.92 Å². The number of rotatable bonds is 5. The summed E-state index contributed by atoms with van der Waals surface area (Å²) in [5.41, 5.74) is 0. The van der Waals surface area contributed by atoms with Gasteiger partial charge >= 0.3 is 0 Å². The Bertz CT molecular complexity index is 189. The van der Waals surface area contributed by atoms with E-state index in [1.165, 1.54) is 51.7 Å². The number of piperidine rings is 1. The number of nitrogens with zero attached hydrogens (tertiary/aromatic N) is 1. The molecule has 1 saturated carbocycles. The normalized spacial score (nSPS) is 30.4. The Morgan fingerprint density at radius 2 is 2.07 bits per heavy atom. The smallest absolute Gasteiger partial charge is 0.00683 e. The highest BCUT2D eigenvalue weighted by molar-refractivity contribution is 4.82. The first-order valence-electron chi connectivity index (χ1n) is 6.73. The summed E-state index contributed by atoms with van der Waals surface area (Å²) in [6.45, 7) is 8.61. The highest BCUT2D eigenvalue weighted by atomic mass is 15.2. The summed E-state index contributed by atoms with van der Waals surface area (Å²) in [5, 5.41) is 3.63. The van der Waals surface area contributed by atoms with E-state index < -0.39 is 0 Å². The van der Waals surface area contributed by atoms with Gasteiger partial charge in [-0.25, -0.2) is 0 Å². The summed E-state index contributed by atoms with van der Waals surface area (Å²) in [5.74, 6) is 0.811. The molecule has 1 saturated heterocycles. The lowest BCUT2D eigenvalue weighted by Crippen LogP contribution is -2.42. The Morgan fingerprint density at radius 1 is 1.27 bits per heavy atom. The molecule has 0 aromatic rings. The van der Waals surface area contributed by atoms with Gasteiger partial charge in [-0.05, 0) is 51.6 Å². The van der Waals surface area contributed by atoms with Crippen molar-refractivity contribution in [3.63, 3.8) is 0 Å². The second-order valence-corrected chi connectivity index (χ2v) is 5.63. The average Bonchev–Trinajstić information content (AvgIpc) is 3.02. The predicted molar refractivity (Wildman–Crippen MR) is 65.1 cm³/mol. The molecule has 1 heterocycles. The van der Waals surface area contributed by atoms with E-state index in [1.54, 1.807) is 0 Å². The van der Waals surface area contributed by atoms with Crippen LogP contribution in [0.25, 0.3) is 0 Å². The van der Waals surface area contributed by atoms with Gasteiger partial charge in [0.1, 0.15) is 0 Å². The highest BCUT2D eigenvalue weighted by Crippen LogP contribution is 2.20. The third-order valence-corrected chi connectivity index (χ3v) is 3.82. The summed E-state index contributed by atoms with van der Waals surface area (Å²) >= 11 is 0.